The van der Waals surface area contributed by atoms with Crippen LogP contribution in [-0.2, 0) is 4.79 Å². The molecule has 0 aromatic rings. The maximum atomic E-state index is 11.6. The normalized spacial score (nSPS) is 20.5. The Morgan fingerprint density at radius 3 is 2.00 bits per heavy atom. The Labute approximate surface area is 67.2 Å². The fourth-order valence-corrected chi connectivity index (χ4v) is 1.23. The van der Waals surface area contributed by atoms with Gasteiger partial charge in [-0.1, -0.05) is 20.8 Å². The van der Waals surface area contributed by atoms with Crippen LogP contribution in [0.5, 0.6) is 0 Å². The minimum atomic E-state index is -0.599. The Balaban J connectivity index is 2.79. The molecule has 0 aliphatic heterocycles. The van der Waals surface area contributed by atoms with E-state index in [1.807, 2.05) is 20.8 Å². The summed E-state index contributed by atoms with van der Waals surface area (Å²) in [7, 11) is 0. The van der Waals surface area contributed by atoms with Crippen molar-refractivity contribution in [3.05, 3.63) is 0 Å². The van der Waals surface area contributed by atoms with Crippen LogP contribution < -0.4 is 0 Å². The molecule has 0 spiro atoms. The summed E-state index contributed by atoms with van der Waals surface area (Å²) in [5.74, 6) is 0.104. The lowest BCUT2D eigenvalue weighted by Gasteiger charge is -2.19. The summed E-state index contributed by atoms with van der Waals surface area (Å²) in [5.41, 5.74) is -0.954. The van der Waals surface area contributed by atoms with Crippen molar-refractivity contribution in [2.75, 3.05) is 0 Å². The van der Waals surface area contributed by atoms with Gasteiger partial charge in [0.05, 0.1) is 6.07 Å². The number of carbonyl (C=O) groups is 1. The first-order valence-electron chi connectivity index (χ1n) is 3.88. The predicted molar refractivity (Wildman–Crippen MR) is 41.7 cm³/mol. The Kier molecular flexibility index (Phi) is 1.56. The molecule has 1 aliphatic rings. The monoisotopic (exact) mass is 151 g/mol. The van der Waals surface area contributed by atoms with E-state index in [2.05, 4.69) is 6.07 Å². The first kappa shape index (κ1) is 8.26. The molecule has 60 valence electrons. The van der Waals surface area contributed by atoms with E-state index in [9.17, 15) is 4.79 Å². The number of rotatable bonds is 1. The second-order valence-electron chi connectivity index (χ2n) is 4.27. The van der Waals surface area contributed by atoms with Crippen LogP contribution in [0.15, 0.2) is 0 Å². The van der Waals surface area contributed by atoms with Crippen LogP contribution in [0, 0.1) is 22.2 Å². The lowest BCUT2D eigenvalue weighted by Crippen LogP contribution is -2.28. The lowest BCUT2D eigenvalue weighted by atomic mass is 9.82. The van der Waals surface area contributed by atoms with Crippen molar-refractivity contribution in [1.82, 2.24) is 0 Å². The Morgan fingerprint density at radius 2 is 1.91 bits per heavy atom. The van der Waals surface area contributed by atoms with Crippen LogP contribution >= 0.6 is 0 Å². The minimum Gasteiger partial charge on any atom is -0.297 e. The molecule has 1 aliphatic carbocycles. The predicted octanol–water partition coefficient (Wildman–Crippen LogP) is 1.91. The third-order valence-electron chi connectivity index (χ3n) is 2.08. The van der Waals surface area contributed by atoms with Crippen molar-refractivity contribution in [1.29, 1.82) is 5.26 Å². The Morgan fingerprint density at radius 1 is 1.45 bits per heavy atom. The maximum absolute atomic E-state index is 11.6. The van der Waals surface area contributed by atoms with E-state index in [4.69, 9.17) is 5.26 Å². The number of Topliss-reactive ketones (excluding diaryl/α,β-unsaturated/α-hetero) is 1. The highest BCUT2D eigenvalue weighted by Crippen LogP contribution is 2.49. The van der Waals surface area contributed by atoms with Crippen LogP contribution in [0.4, 0.5) is 0 Å². The second-order valence-corrected chi connectivity index (χ2v) is 4.27. The third kappa shape index (κ3) is 1.28. The molecule has 0 amide bonds. The third-order valence-corrected chi connectivity index (χ3v) is 2.08. The Bertz CT molecular complexity index is 225. The molecule has 0 aromatic carbocycles. The quantitative estimate of drug-likeness (QED) is 0.574. The van der Waals surface area contributed by atoms with Crippen molar-refractivity contribution < 1.29 is 4.79 Å². The summed E-state index contributed by atoms with van der Waals surface area (Å²) < 4.78 is 0. The van der Waals surface area contributed by atoms with Gasteiger partial charge in [-0.25, -0.2) is 0 Å². The zero-order valence-electron chi connectivity index (χ0n) is 7.27. The highest BCUT2D eigenvalue weighted by molar-refractivity contribution is 5.94. The molecule has 0 atom stereocenters. The second kappa shape index (κ2) is 2.07. The number of nitriles is 1. The zero-order valence-corrected chi connectivity index (χ0v) is 7.27. The summed E-state index contributed by atoms with van der Waals surface area (Å²) in [6.07, 6.45) is 1.53. The van der Waals surface area contributed by atoms with Crippen molar-refractivity contribution in [2.24, 2.45) is 10.8 Å². The average Bonchev–Trinajstić information content (AvgIpc) is 2.64. The van der Waals surface area contributed by atoms with E-state index in [0.717, 1.165) is 12.8 Å². The summed E-state index contributed by atoms with van der Waals surface area (Å²) >= 11 is 0. The van der Waals surface area contributed by atoms with E-state index in [0.29, 0.717) is 0 Å². The van der Waals surface area contributed by atoms with Crippen LogP contribution in [0.25, 0.3) is 0 Å². The van der Waals surface area contributed by atoms with Gasteiger partial charge in [-0.15, -0.1) is 0 Å². The van der Waals surface area contributed by atoms with Crippen LogP contribution in [-0.4, -0.2) is 5.78 Å². The molecule has 0 unspecified atom stereocenters. The van der Waals surface area contributed by atoms with Crippen LogP contribution in [0.2, 0.25) is 0 Å². The van der Waals surface area contributed by atoms with Gasteiger partial charge in [-0.2, -0.15) is 5.26 Å². The first-order valence-corrected chi connectivity index (χ1v) is 3.88. The molecule has 0 saturated heterocycles. The van der Waals surface area contributed by atoms with Gasteiger partial charge in [0.15, 0.2) is 5.78 Å². The lowest BCUT2D eigenvalue weighted by molar-refractivity contribution is -0.129. The first-order chi connectivity index (χ1) is 4.92. The molecular formula is C9H13NO. The van der Waals surface area contributed by atoms with E-state index < -0.39 is 5.41 Å². The molecule has 0 radical (unpaired) electrons. The zero-order chi connectivity index (χ0) is 8.70. The van der Waals surface area contributed by atoms with Gasteiger partial charge in [0.25, 0.3) is 0 Å². The fraction of sp³-hybridized carbons (Fsp3) is 0.778. The van der Waals surface area contributed by atoms with Crippen LogP contribution in [0.1, 0.15) is 33.6 Å². The van der Waals surface area contributed by atoms with E-state index in [-0.39, 0.29) is 11.2 Å². The molecule has 1 saturated carbocycles. The fourth-order valence-electron chi connectivity index (χ4n) is 1.23. The topological polar surface area (TPSA) is 40.9 Å². The van der Waals surface area contributed by atoms with Crippen molar-refractivity contribution in [3.63, 3.8) is 0 Å². The molecule has 0 bridgehead atoms. The highest BCUT2D eigenvalue weighted by atomic mass is 16.1. The van der Waals surface area contributed by atoms with E-state index in [1.54, 1.807) is 0 Å². The van der Waals surface area contributed by atoms with Gasteiger partial charge in [-0.05, 0) is 12.8 Å². The average molecular weight is 151 g/mol. The molecule has 2 heteroatoms. The molecule has 0 N–H and O–H groups in total. The number of hydrogen-bond donors (Lipinski definition) is 0. The van der Waals surface area contributed by atoms with Gasteiger partial charge < -0.3 is 0 Å². The molecule has 1 rings (SSSR count). The van der Waals surface area contributed by atoms with Crippen LogP contribution in [0.3, 0.4) is 0 Å². The number of hydrogen-bond acceptors (Lipinski definition) is 2. The molecule has 0 heterocycles. The summed E-state index contributed by atoms with van der Waals surface area (Å²) in [4.78, 5) is 11.6. The van der Waals surface area contributed by atoms with E-state index >= 15 is 0 Å². The smallest absolute Gasteiger partial charge is 0.158 e. The van der Waals surface area contributed by atoms with Crippen molar-refractivity contribution >= 4 is 5.78 Å². The molecular weight excluding hydrogens is 138 g/mol. The molecule has 11 heavy (non-hydrogen) atoms. The van der Waals surface area contributed by atoms with Gasteiger partial charge >= 0.3 is 0 Å². The summed E-state index contributed by atoms with van der Waals surface area (Å²) in [5, 5.41) is 8.72. The highest BCUT2D eigenvalue weighted by Gasteiger charge is 2.53. The SMILES string of the molecule is CC(C)(C)C(=O)C1(C#N)CC1. The van der Waals surface area contributed by atoms with Crippen molar-refractivity contribution in [3.8, 4) is 6.07 Å². The Hall–Kier alpha value is -0.840. The standard InChI is InChI=1S/C9H13NO/c1-8(2,3)7(11)9(6-10)4-5-9/h4-5H2,1-3H3. The molecule has 1 fully saturated rings. The van der Waals surface area contributed by atoms with Crippen molar-refractivity contribution in [2.45, 2.75) is 33.6 Å². The number of nitrogens with zero attached hydrogens (tertiary/aromatic N) is 1. The minimum absolute atomic E-state index is 0.104. The largest absolute Gasteiger partial charge is 0.297 e. The van der Waals surface area contributed by atoms with Gasteiger partial charge in [0.1, 0.15) is 5.41 Å². The molecule has 0 aromatic heterocycles. The van der Waals surface area contributed by atoms with Gasteiger partial charge in [0.2, 0.25) is 0 Å². The summed E-state index contributed by atoms with van der Waals surface area (Å²) in [6, 6.07) is 2.11. The van der Waals surface area contributed by atoms with Gasteiger partial charge in [0, 0.05) is 5.41 Å². The maximum Gasteiger partial charge on any atom is 0.158 e. The van der Waals surface area contributed by atoms with Gasteiger partial charge in [-0.3, -0.25) is 4.79 Å². The summed E-state index contributed by atoms with van der Waals surface area (Å²) in [6.45, 7) is 5.60. The number of ketones is 1. The number of carbonyl (C=O) groups excluding carboxylic acids is 1. The van der Waals surface area contributed by atoms with E-state index in [1.165, 1.54) is 0 Å². The molecule has 2 nitrogen and oxygen atoms in total.